The van der Waals surface area contributed by atoms with Crippen molar-refractivity contribution < 1.29 is 31.9 Å². The summed E-state index contributed by atoms with van der Waals surface area (Å²) in [4.78, 5) is 29.5. The lowest BCUT2D eigenvalue weighted by atomic mass is 10.0. The second-order valence-electron chi connectivity index (χ2n) is 10.7. The summed E-state index contributed by atoms with van der Waals surface area (Å²) in [5.74, 6) is -1.08. The van der Waals surface area contributed by atoms with Crippen molar-refractivity contribution in [3.8, 4) is 11.5 Å². The van der Waals surface area contributed by atoms with E-state index in [-0.39, 0.29) is 35.2 Å². The van der Waals surface area contributed by atoms with E-state index in [1.807, 2.05) is 61.5 Å². The van der Waals surface area contributed by atoms with Gasteiger partial charge < -0.3 is 19.7 Å². The molecule has 0 radical (unpaired) electrons. The molecule has 0 fully saturated rings. The predicted molar refractivity (Wildman–Crippen MR) is 182 cm³/mol. The molecule has 4 aromatic rings. The van der Waals surface area contributed by atoms with Crippen molar-refractivity contribution in [2.45, 2.75) is 37.2 Å². The molecule has 0 aliphatic heterocycles. The van der Waals surface area contributed by atoms with Crippen molar-refractivity contribution in [3.63, 3.8) is 0 Å². The van der Waals surface area contributed by atoms with Gasteiger partial charge in [0, 0.05) is 30.0 Å². The maximum atomic E-state index is 14.5. The van der Waals surface area contributed by atoms with Gasteiger partial charge in [0.05, 0.1) is 24.8 Å². The molecule has 1 unspecified atom stereocenters. The number of methoxy groups -OCH3 is 2. The first-order valence-corrected chi connectivity index (χ1v) is 17.2. The van der Waals surface area contributed by atoms with Crippen molar-refractivity contribution in [1.29, 1.82) is 0 Å². The fraction of sp³-hybridized carbons (Fsp3) is 0.257. The summed E-state index contributed by atoms with van der Waals surface area (Å²) >= 11 is 3.47. The van der Waals surface area contributed by atoms with Gasteiger partial charge in [0.15, 0.2) is 11.5 Å². The maximum absolute atomic E-state index is 14.5. The Morgan fingerprint density at radius 2 is 1.55 bits per heavy atom. The van der Waals surface area contributed by atoms with Crippen LogP contribution in [0.5, 0.6) is 11.5 Å². The highest BCUT2D eigenvalue weighted by atomic mass is 79.9. The molecule has 4 aromatic carbocycles. The minimum Gasteiger partial charge on any atom is -0.493 e. The third-order valence-corrected chi connectivity index (χ3v) is 9.66. The number of sulfonamides is 1. The number of halogens is 2. The molecular weight excluding hydrogens is 689 g/mol. The molecule has 0 aliphatic carbocycles. The third-order valence-electron chi connectivity index (χ3n) is 7.40. The summed E-state index contributed by atoms with van der Waals surface area (Å²) in [6.45, 7) is 1.67. The average Bonchev–Trinajstić information content (AvgIpc) is 3.08. The van der Waals surface area contributed by atoms with E-state index in [1.54, 1.807) is 0 Å². The predicted octanol–water partition coefficient (Wildman–Crippen LogP) is 5.97. The fourth-order valence-corrected chi connectivity index (χ4v) is 6.87. The summed E-state index contributed by atoms with van der Waals surface area (Å²) < 4.78 is 54.8. The van der Waals surface area contributed by atoms with Crippen LogP contribution < -0.4 is 19.1 Å². The molecule has 0 heterocycles. The van der Waals surface area contributed by atoms with Gasteiger partial charge in [-0.05, 0) is 66.1 Å². The van der Waals surface area contributed by atoms with Gasteiger partial charge in [-0.3, -0.25) is 13.9 Å². The van der Waals surface area contributed by atoms with Crippen molar-refractivity contribution in [2.75, 3.05) is 31.6 Å². The van der Waals surface area contributed by atoms with E-state index >= 15 is 0 Å². The van der Waals surface area contributed by atoms with Crippen molar-refractivity contribution in [1.82, 2.24) is 10.2 Å². The van der Waals surface area contributed by atoms with Crippen LogP contribution in [-0.2, 0) is 32.6 Å². The Balaban J connectivity index is 1.82. The van der Waals surface area contributed by atoms with Crippen LogP contribution in [0.4, 0.5) is 10.1 Å². The maximum Gasteiger partial charge on any atom is 0.264 e. The number of nitrogens with one attached hydrogen (secondary N) is 1. The third kappa shape index (κ3) is 9.11. The van der Waals surface area contributed by atoms with E-state index in [0.717, 1.165) is 32.0 Å². The number of rotatable bonds is 15. The minimum atomic E-state index is -4.43. The van der Waals surface area contributed by atoms with E-state index in [2.05, 4.69) is 21.2 Å². The van der Waals surface area contributed by atoms with Crippen LogP contribution in [0.3, 0.4) is 0 Å². The van der Waals surface area contributed by atoms with Gasteiger partial charge in [-0.2, -0.15) is 0 Å². The van der Waals surface area contributed by atoms with Gasteiger partial charge in [-0.25, -0.2) is 12.8 Å². The molecule has 0 aromatic heterocycles. The summed E-state index contributed by atoms with van der Waals surface area (Å²) in [6.07, 6.45) is 0.875. The number of benzene rings is 4. The van der Waals surface area contributed by atoms with Crippen LogP contribution in [0.25, 0.3) is 0 Å². The summed E-state index contributed by atoms with van der Waals surface area (Å²) in [5, 5.41) is 2.91. The topological polar surface area (TPSA) is 105 Å². The van der Waals surface area contributed by atoms with Crippen LogP contribution in [0.2, 0.25) is 0 Å². The summed E-state index contributed by atoms with van der Waals surface area (Å²) in [6, 6.07) is 24.5. The van der Waals surface area contributed by atoms with E-state index in [9.17, 15) is 22.4 Å². The lowest BCUT2D eigenvalue weighted by Crippen LogP contribution is -2.53. The molecule has 0 spiro atoms. The molecule has 248 valence electrons. The largest absolute Gasteiger partial charge is 0.493 e. The second kappa shape index (κ2) is 16.4. The average molecular weight is 727 g/mol. The molecule has 0 bridgehead atoms. The van der Waals surface area contributed by atoms with Gasteiger partial charge in [0.2, 0.25) is 11.8 Å². The number of nitrogens with zero attached hydrogens (tertiary/aromatic N) is 2. The molecule has 0 saturated heterocycles. The quantitative estimate of drug-likeness (QED) is 0.162. The number of carbonyl (C=O) groups is 2. The van der Waals surface area contributed by atoms with Crippen LogP contribution >= 0.6 is 15.9 Å². The molecule has 47 heavy (non-hydrogen) atoms. The molecular formula is C35H37BrFN3O6S. The molecule has 4 rings (SSSR count). The van der Waals surface area contributed by atoms with Gasteiger partial charge in [0.25, 0.3) is 10.0 Å². The van der Waals surface area contributed by atoms with Gasteiger partial charge >= 0.3 is 0 Å². The minimum absolute atomic E-state index is 0.0168. The normalized spacial score (nSPS) is 11.8. The van der Waals surface area contributed by atoms with Crippen LogP contribution in [0, 0.1) is 5.82 Å². The van der Waals surface area contributed by atoms with Crippen molar-refractivity contribution >= 4 is 43.5 Å². The molecule has 12 heteroatoms. The van der Waals surface area contributed by atoms with Crippen LogP contribution in [-0.4, -0.2) is 58.5 Å². The highest BCUT2D eigenvalue weighted by Gasteiger charge is 2.35. The summed E-state index contributed by atoms with van der Waals surface area (Å²) in [7, 11) is -1.62. The molecule has 9 nitrogen and oxygen atoms in total. The first-order valence-electron chi connectivity index (χ1n) is 14.9. The highest BCUT2D eigenvalue weighted by Crippen LogP contribution is 2.32. The van der Waals surface area contributed by atoms with Crippen LogP contribution in [0.1, 0.15) is 24.5 Å². The molecule has 2 amide bonds. The van der Waals surface area contributed by atoms with Gasteiger partial charge in [-0.15, -0.1) is 0 Å². The van der Waals surface area contributed by atoms with Gasteiger partial charge in [0.1, 0.15) is 18.4 Å². The number of hydrogen-bond donors (Lipinski definition) is 1. The van der Waals surface area contributed by atoms with E-state index in [0.29, 0.717) is 18.7 Å². The summed E-state index contributed by atoms with van der Waals surface area (Å²) in [5.41, 5.74) is 1.61. The smallest absolute Gasteiger partial charge is 0.264 e. The zero-order valence-corrected chi connectivity index (χ0v) is 28.8. The highest BCUT2D eigenvalue weighted by molar-refractivity contribution is 9.10. The Kier molecular flexibility index (Phi) is 12.4. The van der Waals surface area contributed by atoms with E-state index in [1.165, 1.54) is 49.5 Å². The Morgan fingerprint density at radius 3 is 2.19 bits per heavy atom. The van der Waals surface area contributed by atoms with E-state index < -0.39 is 34.3 Å². The van der Waals surface area contributed by atoms with Gasteiger partial charge in [-0.1, -0.05) is 65.3 Å². The monoisotopic (exact) mass is 725 g/mol. The molecule has 0 aliphatic rings. The molecule has 0 saturated carbocycles. The van der Waals surface area contributed by atoms with E-state index in [4.69, 9.17) is 9.47 Å². The SMILES string of the molecule is CCCNC(=O)C(Cc1ccccc1)N(Cc1cccc(Br)c1)C(=O)CN(c1ccc(F)cc1)S(=O)(=O)c1ccc(OC)c(OC)c1. The number of carbonyl (C=O) groups excluding carboxylic acids is 2. The first-order chi connectivity index (χ1) is 22.6. The second-order valence-corrected chi connectivity index (χ2v) is 13.4. The number of amides is 2. The number of anilines is 1. The zero-order chi connectivity index (χ0) is 34.0. The molecule has 1 atom stereocenters. The first kappa shape index (κ1) is 35.4. The Bertz CT molecular complexity index is 1770. The standard InChI is InChI=1S/C35H37BrFN3O6S/c1-4-19-38-35(42)31(21-25-9-6-5-7-10-25)39(23-26-11-8-12-27(36)20-26)34(41)24-40(29-15-13-28(37)14-16-29)47(43,44)30-17-18-32(45-2)33(22-30)46-3/h5-18,20,22,31H,4,19,21,23-24H2,1-3H3,(H,38,42). The van der Waals surface area contributed by atoms with Crippen molar-refractivity contribution in [2.24, 2.45) is 0 Å². The Labute approximate surface area is 283 Å². The zero-order valence-electron chi connectivity index (χ0n) is 26.4. The lowest BCUT2D eigenvalue weighted by Gasteiger charge is -2.34. The van der Waals surface area contributed by atoms with Crippen LogP contribution in [0.15, 0.2) is 106 Å². The van der Waals surface area contributed by atoms with Crippen molar-refractivity contribution in [3.05, 3.63) is 118 Å². The fourth-order valence-electron chi connectivity index (χ4n) is 4.99. The molecule has 1 N–H and O–H groups in total. The number of hydrogen-bond acceptors (Lipinski definition) is 6. The number of ether oxygens (including phenoxy) is 2. The lowest BCUT2D eigenvalue weighted by molar-refractivity contribution is -0.140. The Morgan fingerprint density at radius 1 is 0.872 bits per heavy atom. The Hall–Kier alpha value is -4.42.